The molecule has 1 unspecified atom stereocenters. The van der Waals surface area contributed by atoms with Crippen LogP contribution >= 0.6 is 0 Å². The number of nitrogens with zero attached hydrogens (tertiary/aromatic N) is 2. The van der Waals surface area contributed by atoms with Crippen molar-refractivity contribution in [2.45, 2.75) is 72.1 Å². The molecule has 0 spiro atoms. The Hall–Kier alpha value is -3.25. The fourth-order valence-corrected chi connectivity index (χ4v) is 4.57. The molecule has 1 N–H and O–H groups in total. The van der Waals surface area contributed by atoms with Crippen molar-refractivity contribution in [3.05, 3.63) is 70.9 Å². The van der Waals surface area contributed by atoms with E-state index in [1.807, 2.05) is 55.5 Å². The van der Waals surface area contributed by atoms with Crippen LogP contribution in [0.1, 0.15) is 74.1 Å². The summed E-state index contributed by atoms with van der Waals surface area (Å²) in [5.74, 6) is -0.381. The third kappa shape index (κ3) is 5.38. The van der Waals surface area contributed by atoms with E-state index in [0.717, 1.165) is 35.1 Å². The highest BCUT2D eigenvalue weighted by Crippen LogP contribution is 2.30. The molecule has 1 aliphatic heterocycles. The number of pyridine rings is 1. The van der Waals surface area contributed by atoms with Gasteiger partial charge in [-0.25, -0.2) is 4.79 Å². The minimum absolute atomic E-state index is 0.325. The summed E-state index contributed by atoms with van der Waals surface area (Å²) in [7, 11) is 0. The highest BCUT2D eigenvalue weighted by Gasteiger charge is 2.30. The molecule has 1 aliphatic rings. The van der Waals surface area contributed by atoms with Gasteiger partial charge in [0, 0.05) is 47.9 Å². The molecule has 2 aromatic carbocycles. The van der Waals surface area contributed by atoms with Crippen LogP contribution in [-0.4, -0.2) is 40.5 Å². The molecule has 0 saturated heterocycles. The molecule has 184 valence electrons. The zero-order valence-electron chi connectivity index (χ0n) is 21.3. The Morgan fingerprint density at radius 1 is 1.06 bits per heavy atom. The number of nitrogens with one attached hydrogen (secondary N) is 1. The summed E-state index contributed by atoms with van der Waals surface area (Å²) < 4.78 is 5.85. The molecule has 6 nitrogen and oxygen atoms in total. The molecule has 35 heavy (non-hydrogen) atoms. The van der Waals surface area contributed by atoms with Crippen LogP contribution in [0.4, 0.5) is 5.69 Å². The van der Waals surface area contributed by atoms with Crippen molar-refractivity contribution in [2.75, 3.05) is 11.9 Å². The SMILES string of the molecule is CCC(OC(=O)c1c2c(nc3ccccc13)CCN(C(C)C)C2)C(=O)Nc1ccc(C(C)C)cc1. The van der Waals surface area contributed by atoms with Crippen LogP contribution in [0.5, 0.6) is 0 Å². The van der Waals surface area contributed by atoms with E-state index < -0.39 is 12.1 Å². The number of hydrogen-bond donors (Lipinski definition) is 1. The second-order valence-electron chi connectivity index (χ2n) is 9.81. The van der Waals surface area contributed by atoms with E-state index in [1.165, 1.54) is 5.56 Å². The summed E-state index contributed by atoms with van der Waals surface area (Å²) in [6.45, 7) is 12.0. The largest absolute Gasteiger partial charge is 0.449 e. The van der Waals surface area contributed by atoms with E-state index in [1.54, 1.807) is 0 Å². The molecule has 1 aromatic heterocycles. The number of amides is 1. The smallest absolute Gasteiger partial charge is 0.340 e. The van der Waals surface area contributed by atoms with Gasteiger partial charge in [0.2, 0.25) is 0 Å². The molecule has 3 aromatic rings. The van der Waals surface area contributed by atoms with Gasteiger partial charge in [-0.15, -0.1) is 0 Å². The number of hydrogen-bond acceptors (Lipinski definition) is 5. The average Bonchev–Trinajstić information content (AvgIpc) is 2.85. The maximum absolute atomic E-state index is 13.6. The maximum atomic E-state index is 13.6. The maximum Gasteiger partial charge on any atom is 0.340 e. The van der Waals surface area contributed by atoms with Crippen LogP contribution < -0.4 is 5.32 Å². The molecule has 6 heteroatoms. The molecule has 4 rings (SSSR count). The van der Waals surface area contributed by atoms with Gasteiger partial charge in [-0.3, -0.25) is 14.7 Å². The van der Waals surface area contributed by atoms with Crippen molar-refractivity contribution >= 4 is 28.5 Å². The van der Waals surface area contributed by atoms with Crippen molar-refractivity contribution < 1.29 is 14.3 Å². The number of para-hydroxylation sites is 1. The summed E-state index contributed by atoms with van der Waals surface area (Å²) in [6, 6.07) is 15.8. The first-order chi connectivity index (χ1) is 16.8. The Bertz CT molecular complexity index is 1220. The van der Waals surface area contributed by atoms with E-state index in [2.05, 4.69) is 37.9 Å². The predicted molar refractivity (Wildman–Crippen MR) is 140 cm³/mol. The number of esters is 1. The predicted octanol–water partition coefficient (Wildman–Crippen LogP) is 5.70. The van der Waals surface area contributed by atoms with E-state index in [9.17, 15) is 9.59 Å². The fraction of sp³-hybridized carbons (Fsp3) is 0.414. The highest BCUT2D eigenvalue weighted by molar-refractivity contribution is 6.06. The van der Waals surface area contributed by atoms with Crippen molar-refractivity contribution in [3.8, 4) is 0 Å². The average molecular weight is 474 g/mol. The Balaban J connectivity index is 1.60. The van der Waals surface area contributed by atoms with Crippen LogP contribution in [0.2, 0.25) is 0 Å². The van der Waals surface area contributed by atoms with E-state index in [0.29, 0.717) is 36.2 Å². The van der Waals surface area contributed by atoms with Crippen LogP contribution in [0.25, 0.3) is 10.9 Å². The molecule has 0 saturated carbocycles. The number of aromatic nitrogens is 1. The summed E-state index contributed by atoms with van der Waals surface area (Å²) in [6.07, 6.45) is 0.271. The molecule has 0 radical (unpaired) electrons. The number of carbonyl (C=O) groups excluding carboxylic acids is 2. The van der Waals surface area contributed by atoms with Gasteiger partial charge in [-0.2, -0.15) is 0 Å². The molecule has 0 aliphatic carbocycles. The lowest BCUT2D eigenvalue weighted by Crippen LogP contribution is -2.38. The van der Waals surface area contributed by atoms with Crippen molar-refractivity contribution in [1.29, 1.82) is 0 Å². The Morgan fingerprint density at radius 2 is 1.77 bits per heavy atom. The number of fused-ring (bicyclic) bond motifs is 2. The second-order valence-corrected chi connectivity index (χ2v) is 9.81. The summed E-state index contributed by atoms with van der Waals surface area (Å²) in [4.78, 5) is 33.8. The Kier molecular flexibility index (Phi) is 7.51. The van der Waals surface area contributed by atoms with Crippen LogP contribution in [0, 0.1) is 0 Å². The number of ether oxygens (including phenoxy) is 1. The Morgan fingerprint density at radius 3 is 2.43 bits per heavy atom. The van der Waals surface area contributed by atoms with Crippen molar-refractivity contribution in [2.24, 2.45) is 0 Å². The lowest BCUT2D eigenvalue weighted by atomic mass is 9.95. The van der Waals surface area contributed by atoms with E-state index in [4.69, 9.17) is 9.72 Å². The topological polar surface area (TPSA) is 71.5 Å². The van der Waals surface area contributed by atoms with Gasteiger partial charge >= 0.3 is 5.97 Å². The molecular formula is C29H35N3O3. The second kappa shape index (κ2) is 10.6. The van der Waals surface area contributed by atoms with Crippen LogP contribution in [0.3, 0.4) is 0 Å². The molecule has 0 fully saturated rings. The number of rotatable bonds is 7. The van der Waals surface area contributed by atoms with Crippen LogP contribution in [-0.2, 0) is 22.5 Å². The lowest BCUT2D eigenvalue weighted by Gasteiger charge is -2.32. The van der Waals surface area contributed by atoms with Crippen molar-refractivity contribution in [3.63, 3.8) is 0 Å². The van der Waals surface area contributed by atoms with Gasteiger partial charge in [0.15, 0.2) is 6.10 Å². The number of benzene rings is 2. The minimum Gasteiger partial charge on any atom is -0.449 e. The number of anilines is 1. The van der Waals surface area contributed by atoms with E-state index in [-0.39, 0.29) is 5.91 Å². The first-order valence-electron chi connectivity index (χ1n) is 12.5. The van der Waals surface area contributed by atoms with Gasteiger partial charge in [-0.1, -0.05) is 51.1 Å². The minimum atomic E-state index is -0.889. The summed E-state index contributed by atoms with van der Waals surface area (Å²) >= 11 is 0. The monoisotopic (exact) mass is 473 g/mol. The molecular weight excluding hydrogens is 438 g/mol. The molecule has 2 heterocycles. The zero-order valence-corrected chi connectivity index (χ0v) is 21.3. The summed E-state index contributed by atoms with van der Waals surface area (Å²) in [5, 5.41) is 3.67. The van der Waals surface area contributed by atoms with Gasteiger partial charge < -0.3 is 10.1 Å². The third-order valence-corrected chi connectivity index (χ3v) is 6.77. The lowest BCUT2D eigenvalue weighted by molar-refractivity contribution is -0.124. The van der Waals surface area contributed by atoms with E-state index >= 15 is 0 Å². The van der Waals surface area contributed by atoms with Gasteiger partial charge in [-0.05, 0) is 49.9 Å². The molecule has 0 bridgehead atoms. The number of carbonyl (C=O) groups is 2. The first kappa shape index (κ1) is 24.9. The quantitative estimate of drug-likeness (QED) is 0.446. The van der Waals surface area contributed by atoms with Crippen LogP contribution in [0.15, 0.2) is 48.5 Å². The standard InChI is InChI=1S/C29H35N3O3/c1-6-26(28(33)30-21-13-11-20(12-14-21)18(2)3)35-29(34)27-22-9-7-8-10-24(22)31-25-15-16-32(19(4)5)17-23(25)27/h7-14,18-19,26H,6,15-17H2,1-5H3,(H,30,33). The normalized spacial score (nSPS) is 14.7. The molecule has 1 atom stereocenters. The Labute approximate surface area is 207 Å². The third-order valence-electron chi connectivity index (χ3n) is 6.77. The van der Waals surface area contributed by atoms with Crippen molar-refractivity contribution in [1.82, 2.24) is 9.88 Å². The summed E-state index contributed by atoms with van der Waals surface area (Å²) in [5.41, 5.74) is 5.05. The molecule has 1 amide bonds. The van der Waals surface area contributed by atoms with Gasteiger partial charge in [0.1, 0.15) is 0 Å². The fourth-order valence-electron chi connectivity index (χ4n) is 4.57. The van der Waals surface area contributed by atoms with Gasteiger partial charge in [0.05, 0.1) is 11.1 Å². The first-order valence-corrected chi connectivity index (χ1v) is 12.5. The highest BCUT2D eigenvalue weighted by atomic mass is 16.5. The van der Waals surface area contributed by atoms with Gasteiger partial charge in [0.25, 0.3) is 5.91 Å². The zero-order chi connectivity index (χ0) is 25.1.